The molecule has 0 spiro atoms. The number of amides is 1. The molecule has 1 rings (SSSR count). The van der Waals surface area contributed by atoms with Crippen LogP contribution in [0.5, 0.6) is 0 Å². The normalized spacial score (nSPS) is 21.9. The van der Waals surface area contributed by atoms with E-state index in [1.165, 1.54) is 0 Å². The number of carbonyl (C=O) groups is 2. The van der Waals surface area contributed by atoms with Gasteiger partial charge in [0.15, 0.2) is 0 Å². The lowest BCUT2D eigenvalue weighted by Crippen LogP contribution is -2.45. The van der Waals surface area contributed by atoms with Gasteiger partial charge in [-0.15, -0.1) is 0 Å². The van der Waals surface area contributed by atoms with Gasteiger partial charge in [0.25, 0.3) is 0 Å². The molecule has 1 atom stereocenters. The third-order valence-electron chi connectivity index (χ3n) is 3.18. The highest BCUT2D eigenvalue weighted by Gasteiger charge is 2.26. The average molecular weight is 240 g/mol. The van der Waals surface area contributed by atoms with E-state index >= 15 is 0 Å². The highest BCUT2D eigenvalue weighted by Crippen LogP contribution is 2.15. The Morgan fingerprint density at radius 2 is 2.24 bits per heavy atom. The van der Waals surface area contributed by atoms with Gasteiger partial charge in [0.2, 0.25) is 5.91 Å². The molecular weight excluding hydrogens is 216 g/mol. The number of nitrogens with zero attached hydrogens (tertiary/aromatic N) is 1. The van der Waals surface area contributed by atoms with Crippen LogP contribution in [0.1, 0.15) is 33.6 Å². The van der Waals surface area contributed by atoms with Gasteiger partial charge in [0.05, 0.1) is 6.54 Å². The summed E-state index contributed by atoms with van der Waals surface area (Å²) in [6.07, 6.45) is 1.47. The summed E-state index contributed by atoms with van der Waals surface area (Å²) in [6.45, 7) is 8.80. The molecule has 0 aromatic carbocycles. The number of piperidine rings is 1. The number of ketones is 1. The first-order valence-electron chi connectivity index (χ1n) is 6.54. The Labute approximate surface area is 104 Å². The van der Waals surface area contributed by atoms with E-state index in [2.05, 4.69) is 24.1 Å². The van der Waals surface area contributed by atoms with Crippen molar-refractivity contribution in [2.75, 3.05) is 26.2 Å². The van der Waals surface area contributed by atoms with Gasteiger partial charge in [0.1, 0.15) is 5.78 Å². The third kappa shape index (κ3) is 4.86. The Hall–Kier alpha value is -0.900. The second-order valence-electron chi connectivity index (χ2n) is 5.25. The van der Waals surface area contributed by atoms with Crippen LogP contribution in [0.3, 0.4) is 0 Å². The van der Waals surface area contributed by atoms with Crippen molar-refractivity contribution in [2.45, 2.75) is 33.6 Å². The summed E-state index contributed by atoms with van der Waals surface area (Å²) < 4.78 is 0. The number of rotatable bonds is 5. The van der Waals surface area contributed by atoms with Gasteiger partial charge in [-0.3, -0.25) is 14.5 Å². The van der Waals surface area contributed by atoms with Gasteiger partial charge >= 0.3 is 0 Å². The lowest BCUT2D eigenvalue weighted by atomic mass is 9.94. The van der Waals surface area contributed by atoms with E-state index in [4.69, 9.17) is 0 Å². The minimum atomic E-state index is 0.0721. The van der Waals surface area contributed by atoms with Crippen LogP contribution >= 0.6 is 0 Å². The van der Waals surface area contributed by atoms with Crippen LogP contribution in [0, 0.1) is 11.8 Å². The number of carbonyl (C=O) groups excluding carboxylic acids is 2. The summed E-state index contributed by atoms with van der Waals surface area (Å²) in [6, 6.07) is 0. The Morgan fingerprint density at radius 1 is 1.53 bits per heavy atom. The Morgan fingerprint density at radius 3 is 2.82 bits per heavy atom. The van der Waals surface area contributed by atoms with Gasteiger partial charge in [0, 0.05) is 32.0 Å². The van der Waals surface area contributed by atoms with Crippen LogP contribution in [0.4, 0.5) is 0 Å². The molecule has 4 heteroatoms. The maximum atomic E-state index is 11.7. The fourth-order valence-electron chi connectivity index (χ4n) is 2.05. The number of hydrogen-bond donors (Lipinski definition) is 1. The van der Waals surface area contributed by atoms with Crippen LogP contribution in [0.15, 0.2) is 0 Å². The zero-order valence-corrected chi connectivity index (χ0v) is 11.2. The predicted molar refractivity (Wildman–Crippen MR) is 67.7 cm³/mol. The lowest BCUT2D eigenvalue weighted by molar-refractivity contribution is -0.129. The SMILES string of the molecule is CCC1CN(CC(=O)NCC(C)C)CCC1=O. The van der Waals surface area contributed by atoms with Crippen molar-refractivity contribution in [1.29, 1.82) is 0 Å². The molecule has 1 saturated heterocycles. The van der Waals surface area contributed by atoms with Crippen LogP contribution in [-0.4, -0.2) is 42.8 Å². The largest absolute Gasteiger partial charge is 0.355 e. The maximum Gasteiger partial charge on any atom is 0.234 e. The smallest absolute Gasteiger partial charge is 0.234 e. The molecule has 1 aliphatic heterocycles. The molecule has 0 saturated carbocycles. The summed E-state index contributed by atoms with van der Waals surface area (Å²) >= 11 is 0. The number of nitrogens with one attached hydrogen (secondary N) is 1. The summed E-state index contributed by atoms with van der Waals surface area (Å²) in [5.41, 5.74) is 0. The van der Waals surface area contributed by atoms with Crippen molar-refractivity contribution in [2.24, 2.45) is 11.8 Å². The summed E-state index contributed by atoms with van der Waals surface area (Å²) in [4.78, 5) is 25.3. The molecule has 0 bridgehead atoms. The number of hydrogen-bond acceptors (Lipinski definition) is 3. The fourth-order valence-corrected chi connectivity index (χ4v) is 2.05. The van der Waals surface area contributed by atoms with Gasteiger partial charge in [-0.05, 0) is 12.3 Å². The molecule has 17 heavy (non-hydrogen) atoms. The van der Waals surface area contributed by atoms with Crippen molar-refractivity contribution >= 4 is 11.7 Å². The molecule has 1 aliphatic rings. The molecule has 1 amide bonds. The molecule has 1 N–H and O–H groups in total. The molecule has 98 valence electrons. The number of Topliss-reactive ketones (excluding diaryl/α,β-unsaturated/α-hetero) is 1. The molecule has 1 heterocycles. The second-order valence-corrected chi connectivity index (χ2v) is 5.25. The van der Waals surface area contributed by atoms with Crippen LogP contribution < -0.4 is 5.32 Å². The van der Waals surface area contributed by atoms with Crippen molar-refractivity contribution in [3.63, 3.8) is 0 Å². The first-order chi connectivity index (χ1) is 8.02. The molecule has 4 nitrogen and oxygen atoms in total. The van der Waals surface area contributed by atoms with Gasteiger partial charge in [-0.2, -0.15) is 0 Å². The highest BCUT2D eigenvalue weighted by molar-refractivity contribution is 5.83. The minimum Gasteiger partial charge on any atom is -0.355 e. The summed E-state index contributed by atoms with van der Waals surface area (Å²) in [7, 11) is 0. The average Bonchev–Trinajstić information content (AvgIpc) is 2.29. The molecule has 0 radical (unpaired) electrons. The van der Waals surface area contributed by atoms with Crippen molar-refractivity contribution in [1.82, 2.24) is 10.2 Å². The van der Waals surface area contributed by atoms with Crippen LogP contribution in [-0.2, 0) is 9.59 Å². The third-order valence-corrected chi connectivity index (χ3v) is 3.18. The predicted octanol–water partition coefficient (Wildman–Crippen LogP) is 1.06. The van der Waals surface area contributed by atoms with E-state index in [1.807, 2.05) is 6.92 Å². The lowest BCUT2D eigenvalue weighted by Gasteiger charge is -2.30. The molecule has 0 aliphatic carbocycles. The van der Waals surface area contributed by atoms with Crippen LogP contribution in [0.25, 0.3) is 0 Å². The Balaban J connectivity index is 2.32. The second kappa shape index (κ2) is 6.74. The monoisotopic (exact) mass is 240 g/mol. The van der Waals surface area contributed by atoms with E-state index in [9.17, 15) is 9.59 Å². The Kier molecular flexibility index (Phi) is 5.62. The zero-order valence-electron chi connectivity index (χ0n) is 11.2. The summed E-state index contributed by atoms with van der Waals surface area (Å²) in [5.74, 6) is 1.03. The molecule has 1 unspecified atom stereocenters. The van der Waals surface area contributed by atoms with E-state index in [0.29, 0.717) is 24.7 Å². The van der Waals surface area contributed by atoms with E-state index in [1.54, 1.807) is 0 Å². The van der Waals surface area contributed by atoms with Crippen molar-refractivity contribution in [3.05, 3.63) is 0 Å². The Bertz CT molecular complexity index is 277. The molecule has 0 aromatic heterocycles. The minimum absolute atomic E-state index is 0.0721. The van der Waals surface area contributed by atoms with E-state index in [-0.39, 0.29) is 11.8 Å². The molecule has 1 fully saturated rings. The highest BCUT2D eigenvalue weighted by atomic mass is 16.2. The van der Waals surface area contributed by atoms with E-state index < -0.39 is 0 Å². The van der Waals surface area contributed by atoms with Gasteiger partial charge in [-0.1, -0.05) is 20.8 Å². The fraction of sp³-hybridized carbons (Fsp3) is 0.846. The van der Waals surface area contributed by atoms with Crippen LogP contribution in [0.2, 0.25) is 0 Å². The quantitative estimate of drug-likeness (QED) is 0.781. The molecular formula is C13H24N2O2. The first kappa shape index (κ1) is 14.2. The van der Waals surface area contributed by atoms with Gasteiger partial charge < -0.3 is 5.32 Å². The van der Waals surface area contributed by atoms with E-state index in [0.717, 1.165) is 26.1 Å². The summed E-state index contributed by atoms with van der Waals surface area (Å²) in [5, 5.41) is 2.91. The topological polar surface area (TPSA) is 49.4 Å². The standard InChI is InChI=1S/C13H24N2O2/c1-4-11-8-15(6-5-12(11)16)9-13(17)14-7-10(2)3/h10-11H,4-9H2,1-3H3,(H,14,17). The van der Waals surface area contributed by atoms with Crippen molar-refractivity contribution in [3.8, 4) is 0 Å². The van der Waals surface area contributed by atoms with Gasteiger partial charge in [-0.25, -0.2) is 0 Å². The number of likely N-dealkylation sites (tertiary alicyclic amines) is 1. The first-order valence-corrected chi connectivity index (χ1v) is 6.54. The molecule has 0 aromatic rings. The zero-order chi connectivity index (χ0) is 12.8. The van der Waals surface area contributed by atoms with Crippen molar-refractivity contribution < 1.29 is 9.59 Å². The maximum absolute atomic E-state index is 11.7.